The lowest BCUT2D eigenvalue weighted by molar-refractivity contribution is -0.384. The summed E-state index contributed by atoms with van der Waals surface area (Å²) in [4.78, 5) is 34.8. The van der Waals surface area contributed by atoms with Crippen LogP contribution in [-0.4, -0.2) is 23.3 Å². The number of halogens is 1. The first-order chi connectivity index (χ1) is 16.3. The van der Waals surface area contributed by atoms with Gasteiger partial charge in [0, 0.05) is 23.5 Å². The van der Waals surface area contributed by atoms with E-state index in [-0.39, 0.29) is 23.6 Å². The minimum absolute atomic E-state index is 0.171. The lowest BCUT2D eigenvalue weighted by Gasteiger charge is -2.08. The number of nitriles is 1. The molecule has 10 heteroatoms. The molecule has 0 unspecified atom stereocenters. The van der Waals surface area contributed by atoms with Gasteiger partial charge in [-0.05, 0) is 54.1 Å². The second kappa shape index (κ2) is 11.0. The molecule has 9 nitrogen and oxygen atoms in total. The number of nitro benzene ring substituents is 1. The minimum atomic E-state index is -0.743. The highest BCUT2D eigenvalue weighted by Gasteiger charge is 2.12. The van der Waals surface area contributed by atoms with Gasteiger partial charge in [0.15, 0.2) is 6.61 Å². The van der Waals surface area contributed by atoms with Crippen molar-refractivity contribution in [1.82, 2.24) is 0 Å². The third-order valence-corrected chi connectivity index (χ3v) is 4.35. The van der Waals surface area contributed by atoms with Crippen molar-refractivity contribution in [2.45, 2.75) is 0 Å². The van der Waals surface area contributed by atoms with Crippen LogP contribution in [-0.2, 0) is 9.59 Å². The molecule has 0 aromatic heterocycles. The molecule has 0 aliphatic rings. The van der Waals surface area contributed by atoms with Crippen LogP contribution in [0.5, 0.6) is 5.75 Å². The number of anilines is 2. The molecule has 0 aliphatic heterocycles. The third-order valence-electron chi connectivity index (χ3n) is 4.35. The lowest BCUT2D eigenvalue weighted by atomic mass is 10.1. The smallest absolute Gasteiger partial charge is 0.271 e. The molecule has 0 heterocycles. The Hall–Kier alpha value is -5.04. The van der Waals surface area contributed by atoms with Gasteiger partial charge in [-0.1, -0.05) is 18.2 Å². The average Bonchev–Trinajstić information content (AvgIpc) is 2.83. The first kappa shape index (κ1) is 23.6. The number of rotatable bonds is 8. The summed E-state index contributed by atoms with van der Waals surface area (Å²) in [5.74, 6) is -1.30. The van der Waals surface area contributed by atoms with Crippen molar-refractivity contribution in [2.24, 2.45) is 0 Å². The van der Waals surface area contributed by atoms with E-state index >= 15 is 0 Å². The molecule has 0 radical (unpaired) electrons. The highest BCUT2D eigenvalue weighted by atomic mass is 19.1. The monoisotopic (exact) mass is 460 g/mol. The summed E-state index contributed by atoms with van der Waals surface area (Å²) in [7, 11) is 0. The molecular weight excluding hydrogens is 443 g/mol. The summed E-state index contributed by atoms with van der Waals surface area (Å²) in [6, 6.07) is 18.8. The van der Waals surface area contributed by atoms with Crippen LogP contribution in [0.3, 0.4) is 0 Å². The fourth-order valence-electron chi connectivity index (χ4n) is 2.78. The van der Waals surface area contributed by atoms with Crippen LogP contribution in [0.15, 0.2) is 78.4 Å². The maximum absolute atomic E-state index is 12.9. The van der Waals surface area contributed by atoms with Gasteiger partial charge < -0.3 is 15.4 Å². The zero-order valence-electron chi connectivity index (χ0n) is 17.5. The van der Waals surface area contributed by atoms with Crippen molar-refractivity contribution in [1.29, 1.82) is 5.26 Å². The van der Waals surface area contributed by atoms with Crippen LogP contribution >= 0.6 is 0 Å². The van der Waals surface area contributed by atoms with Crippen molar-refractivity contribution in [3.05, 3.63) is 99.9 Å². The van der Waals surface area contributed by atoms with E-state index in [0.29, 0.717) is 17.0 Å². The first-order valence-electron chi connectivity index (χ1n) is 9.80. The highest BCUT2D eigenvalue weighted by Crippen LogP contribution is 2.19. The van der Waals surface area contributed by atoms with Crippen molar-refractivity contribution < 1.29 is 23.6 Å². The quantitative estimate of drug-likeness (QED) is 0.223. The molecule has 3 aromatic rings. The standard InChI is InChI=1S/C24H17FN4O5/c25-18-7-9-19(10-8-18)27-23(30)15-34-22-6-1-3-16(12-22)11-17(14-26)24(31)28-20-4-2-5-21(13-20)29(32)33/h1-13H,15H2,(H,27,30)(H,28,31)/b17-11-. The Kier molecular flexibility index (Phi) is 7.65. The second-order valence-electron chi connectivity index (χ2n) is 6.85. The van der Waals surface area contributed by atoms with Crippen LogP contribution < -0.4 is 15.4 Å². The molecule has 0 fully saturated rings. The Morgan fingerprint density at radius 2 is 1.76 bits per heavy atom. The number of hydrogen-bond acceptors (Lipinski definition) is 6. The molecule has 3 aromatic carbocycles. The molecular formula is C24H17FN4O5. The van der Waals surface area contributed by atoms with E-state index < -0.39 is 22.6 Å². The highest BCUT2D eigenvalue weighted by molar-refractivity contribution is 6.09. The van der Waals surface area contributed by atoms with Crippen LogP contribution in [0, 0.1) is 27.3 Å². The Balaban J connectivity index is 1.64. The number of carbonyl (C=O) groups is 2. The topological polar surface area (TPSA) is 134 Å². The van der Waals surface area contributed by atoms with Crippen molar-refractivity contribution in [3.63, 3.8) is 0 Å². The van der Waals surface area contributed by atoms with Gasteiger partial charge >= 0.3 is 0 Å². The molecule has 0 saturated heterocycles. The third kappa shape index (κ3) is 6.73. The van der Waals surface area contributed by atoms with E-state index in [1.54, 1.807) is 24.3 Å². The van der Waals surface area contributed by atoms with Gasteiger partial charge in [0.1, 0.15) is 23.2 Å². The Morgan fingerprint density at radius 1 is 1.03 bits per heavy atom. The van der Waals surface area contributed by atoms with Crippen LogP contribution in [0.4, 0.5) is 21.5 Å². The van der Waals surface area contributed by atoms with E-state index in [0.717, 1.165) is 0 Å². The van der Waals surface area contributed by atoms with Gasteiger partial charge in [-0.25, -0.2) is 4.39 Å². The second-order valence-corrected chi connectivity index (χ2v) is 6.85. The molecule has 2 amide bonds. The van der Waals surface area contributed by atoms with Gasteiger partial charge in [-0.2, -0.15) is 5.26 Å². The van der Waals surface area contributed by atoms with E-state index in [1.807, 2.05) is 0 Å². The molecule has 0 spiro atoms. The maximum Gasteiger partial charge on any atom is 0.271 e. The Bertz CT molecular complexity index is 1300. The molecule has 2 N–H and O–H groups in total. The van der Waals surface area contributed by atoms with E-state index in [2.05, 4.69) is 10.6 Å². The van der Waals surface area contributed by atoms with E-state index in [9.17, 15) is 29.4 Å². The number of non-ortho nitro benzene ring substituents is 1. The summed E-state index contributed by atoms with van der Waals surface area (Å²) in [5, 5.41) is 25.3. The van der Waals surface area contributed by atoms with E-state index in [1.165, 1.54) is 60.7 Å². The minimum Gasteiger partial charge on any atom is -0.484 e. The van der Waals surface area contributed by atoms with Crippen LogP contribution in [0.2, 0.25) is 0 Å². The average molecular weight is 460 g/mol. The molecule has 0 atom stereocenters. The fraction of sp³-hybridized carbons (Fsp3) is 0.0417. The Labute approximate surface area is 193 Å². The van der Waals surface area contributed by atoms with Crippen LogP contribution in [0.25, 0.3) is 6.08 Å². The number of benzene rings is 3. The number of nitrogens with zero attached hydrogens (tertiary/aromatic N) is 2. The fourth-order valence-corrected chi connectivity index (χ4v) is 2.78. The molecule has 170 valence electrons. The number of nitro groups is 1. The zero-order chi connectivity index (χ0) is 24.5. The SMILES string of the molecule is N#C/C(=C/c1cccc(OCC(=O)Nc2ccc(F)cc2)c1)C(=O)Nc1cccc([N+](=O)[O-])c1. The number of carbonyl (C=O) groups excluding carboxylic acids is 2. The molecule has 3 rings (SSSR count). The summed E-state index contributed by atoms with van der Waals surface area (Å²) >= 11 is 0. The molecule has 0 saturated carbocycles. The summed E-state index contributed by atoms with van der Waals surface area (Å²) in [6.45, 7) is -0.317. The molecule has 0 aliphatic carbocycles. The van der Waals surface area contributed by atoms with E-state index in [4.69, 9.17) is 4.74 Å². The predicted octanol–water partition coefficient (Wildman–Crippen LogP) is 4.30. The molecule has 0 bridgehead atoms. The summed E-state index contributed by atoms with van der Waals surface area (Å²) in [6.07, 6.45) is 1.32. The lowest BCUT2D eigenvalue weighted by Crippen LogP contribution is -2.20. The summed E-state index contributed by atoms with van der Waals surface area (Å²) < 4.78 is 18.4. The normalized spacial score (nSPS) is 10.6. The van der Waals surface area contributed by atoms with Crippen molar-refractivity contribution in [2.75, 3.05) is 17.2 Å². The Morgan fingerprint density at radius 3 is 2.47 bits per heavy atom. The number of ether oxygens (including phenoxy) is 1. The van der Waals surface area contributed by atoms with Gasteiger partial charge in [0.05, 0.1) is 4.92 Å². The van der Waals surface area contributed by atoms with Gasteiger partial charge in [-0.15, -0.1) is 0 Å². The van der Waals surface area contributed by atoms with Crippen LogP contribution in [0.1, 0.15) is 5.56 Å². The molecule has 34 heavy (non-hydrogen) atoms. The number of nitrogens with one attached hydrogen (secondary N) is 2. The van der Waals surface area contributed by atoms with Crippen molar-refractivity contribution >= 4 is 35.0 Å². The maximum atomic E-state index is 12.9. The summed E-state index contributed by atoms with van der Waals surface area (Å²) in [5.41, 5.74) is 0.609. The van der Waals surface area contributed by atoms with Gasteiger partial charge in [0.25, 0.3) is 17.5 Å². The predicted molar refractivity (Wildman–Crippen MR) is 122 cm³/mol. The number of hydrogen-bond donors (Lipinski definition) is 2. The van der Waals surface area contributed by atoms with Gasteiger partial charge in [-0.3, -0.25) is 19.7 Å². The van der Waals surface area contributed by atoms with Gasteiger partial charge in [0.2, 0.25) is 0 Å². The van der Waals surface area contributed by atoms with Crippen molar-refractivity contribution in [3.8, 4) is 11.8 Å². The first-order valence-corrected chi connectivity index (χ1v) is 9.80. The largest absolute Gasteiger partial charge is 0.484 e. The number of amides is 2. The zero-order valence-corrected chi connectivity index (χ0v) is 17.5.